The van der Waals surface area contributed by atoms with Gasteiger partial charge in [0.05, 0.1) is 11.1 Å². The number of nitrogens with one attached hydrogen (secondary N) is 1. The van der Waals surface area contributed by atoms with E-state index >= 15 is 0 Å². The Balaban J connectivity index is 1.84. The van der Waals surface area contributed by atoms with Crippen LogP contribution in [0.4, 0.5) is 4.39 Å². The van der Waals surface area contributed by atoms with Gasteiger partial charge in [0.2, 0.25) is 5.95 Å². The number of nitrogens with zero attached hydrogens (tertiary/aromatic N) is 5. The van der Waals surface area contributed by atoms with Gasteiger partial charge >= 0.3 is 0 Å². The average molecular weight is 351 g/mol. The average Bonchev–Trinajstić information content (AvgIpc) is 3.13. The Kier molecular flexibility index (Phi) is 4.48. The number of imidazole rings is 1. The number of aromatic nitrogens is 5. The summed E-state index contributed by atoms with van der Waals surface area (Å²) in [6, 6.07) is 2.70. The molecular weight excluding hydrogens is 335 g/mol. The minimum atomic E-state index is -0.757. The van der Waals surface area contributed by atoms with Crippen molar-refractivity contribution >= 4 is 23.2 Å². The van der Waals surface area contributed by atoms with Crippen molar-refractivity contribution in [2.75, 3.05) is 0 Å². The highest BCUT2D eigenvalue weighted by Gasteiger charge is 2.22. The zero-order valence-electron chi connectivity index (χ0n) is 13.2. The van der Waals surface area contributed by atoms with E-state index in [1.54, 1.807) is 23.7 Å². The predicted molar refractivity (Wildman–Crippen MR) is 86.4 cm³/mol. The van der Waals surface area contributed by atoms with Crippen LogP contribution in [-0.2, 0) is 6.54 Å². The fourth-order valence-corrected chi connectivity index (χ4v) is 2.62. The third kappa shape index (κ3) is 2.96. The lowest BCUT2D eigenvalue weighted by atomic mass is 10.3. The van der Waals surface area contributed by atoms with Gasteiger partial charge in [-0.2, -0.15) is 9.49 Å². The van der Waals surface area contributed by atoms with Crippen molar-refractivity contribution in [2.45, 2.75) is 32.9 Å². The summed E-state index contributed by atoms with van der Waals surface area (Å²) in [6.45, 7) is 4.47. The van der Waals surface area contributed by atoms with Crippen molar-refractivity contribution in [1.29, 1.82) is 0 Å². The molecule has 0 fully saturated rings. The molecular formula is C15H16ClFN6O. The summed E-state index contributed by atoms with van der Waals surface area (Å²) in [4.78, 5) is 20.6. The lowest BCUT2D eigenvalue weighted by molar-refractivity contribution is 0.0928. The Labute approximate surface area is 142 Å². The SMILES string of the molecule is CCCn1ncnc1C(C)NC(=O)c1nc2ccc(Cl)cn2c1F. The summed E-state index contributed by atoms with van der Waals surface area (Å²) in [7, 11) is 0. The summed E-state index contributed by atoms with van der Waals surface area (Å²) in [5.41, 5.74) is 0.0227. The first kappa shape index (κ1) is 16.4. The van der Waals surface area contributed by atoms with Gasteiger partial charge in [-0.3, -0.25) is 9.20 Å². The maximum atomic E-state index is 14.4. The number of carbonyl (C=O) groups excluding carboxylic acids is 1. The third-order valence-electron chi connectivity index (χ3n) is 3.56. The van der Waals surface area contributed by atoms with Crippen LogP contribution in [0.5, 0.6) is 0 Å². The van der Waals surface area contributed by atoms with Crippen LogP contribution in [0.2, 0.25) is 5.02 Å². The van der Waals surface area contributed by atoms with E-state index in [1.807, 2.05) is 6.92 Å². The Morgan fingerprint density at radius 2 is 2.25 bits per heavy atom. The largest absolute Gasteiger partial charge is 0.341 e. The fraction of sp³-hybridized carbons (Fsp3) is 0.333. The minimum absolute atomic E-state index is 0.286. The van der Waals surface area contributed by atoms with Crippen LogP contribution in [0.1, 0.15) is 42.6 Å². The van der Waals surface area contributed by atoms with Gasteiger partial charge in [-0.25, -0.2) is 14.6 Å². The number of halogens is 2. The van der Waals surface area contributed by atoms with Gasteiger partial charge in [0, 0.05) is 12.7 Å². The monoisotopic (exact) mass is 350 g/mol. The molecule has 3 rings (SSSR count). The molecule has 0 spiro atoms. The van der Waals surface area contributed by atoms with Crippen molar-refractivity contribution in [3.8, 4) is 0 Å². The van der Waals surface area contributed by atoms with Crippen LogP contribution in [0.15, 0.2) is 24.7 Å². The number of fused-ring (bicyclic) bond motifs is 1. The highest BCUT2D eigenvalue weighted by molar-refractivity contribution is 6.30. The van der Waals surface area contributed by atoms with Crippen LogP contribution >= 0.6 is 11.6 Å². The van der Waals surface area contributed by atoms with Crippen molar-refractivity contribution in [1.82, 2.24) is 29.5 Å². The first-order valence-corrected chi connectivity index (χ1v) is 7.90. The second-order valence-corrected chi connectivity index (χ2v) is 5.80. The molecule has 0 bridgehead atoms. The summed E-state index contributed by atoms with van der Waals surface area (Å²) in [5.74, 6) is -0.768. The molecule has 126 valence electrons. The van der Waals surface area contributed by atoms with Gasteiger partial charge in [0.1, 0.15) is 17.8 Å². The molecule has 3 heterocycles. The van der Waals surface area contributed by atoms with Gasteiger partial charge in [-0.1, -0.05) is 18.5 Å². The van der Waals surface area contributed by atoms with Crippen LogP contribution in [0, 0.1) is 5.95 Å². The standard InChI is InChI=1S/C15H16ClFN6O/c1-3-6-23-14(18-8-19-23)9(2)20-15(24)12-13(17)22-7-10(16)4-5-11(22)21-12/h4-5,7-9H,3,6H2,1-2H3,(H,20,24). The quantitative estimate of drug-likeness (QED) is 0.767. The maximum absolute atomic E-state index is 14.4. The molecule has 1 amide bonds. The number of hydrogen-bond acceptors (Lipinski definition) is 4. The normalized spacial score (nSPS) is 12.5. The molecule has 0 aromatic carbocycles. The highest BCUT2D eigenvalue weighted by atomic mass is 35.5. The molecule has 9 heteroatoms. The van der Waals surface area contributed by atoms with E-state index < -0.39 is 17.9 Å². The number of hydrogen-bond donors (Lipinski definition) is 1. The summed E-state index contributed by atoms with van der Waals surface area (Å²) >= 11 is 5.84. The van der Waals surface area contributed by atoms with Crippen LogP contribution in [0.3, 0.4) is 0 Å². The third-order valence-corrected chi connectivity index (χ3v) is 3.78. The van der Waals surface area contributed by atoms with Gasteiger partial charge in [-0.15, -0.1) is 0 Å². The first-order valence-electron chi connectivity index (χ1n) is 7.53. The predicted octanol–water partition coefficient (Wildman–Crippen LogP) is 2.62. The van der Waals surface area contributed by atoms with Crippen molar-refractivity contribution in [3.63, 3.8) is 0 Å². The highest BCUT2D eigenvalue weighted by Crippen LogP contribution is 2.17. The van der Waals surface area contributed by atoms with Crippen molar-refractivity contribution in [2.24, 2.45) is 0 Å². The van der Waals surface area contributed by atoms with E-state index in [1.165, 1.54) is 12.5 Å². The number of aryl methyl sites for hydroxylation is 1. The second-order valence-electron chi connectivity index (χ2n) is 5.36. The Hall–Kier alpha value is -2.48. The van der Waals surface area contributed by atoms with E-state index in [-0.39, 0.29) is 5.69 Å². The molecule has 0 aliphatic carbocycles. The molecule has 1 unspecified atom stereocenters. The Morgan fingerprint density at radius 1 is 1.46 bits per heavy atom. The smallest absolute Gasteiger partial charge is 0.275 e. The molecule has 1 N–H and O–H groups in total. The molecule has 3 aromatic rings. The molecule has 0 aliphatic rings. The van der Waals surface area contributed by atoms with Gasteiger partial charge in [-0.05, 0) is 25.5 Å². The first-order chi connectivity index (χ1) is 11.5. The van der Waals surface area contributed by atoms with Gasteiger partial charge in [0.25, 0.3) is 5.91 Å². The number of carbonyl (C=O) groups is 1. The molecule has 0 radical (unpaired) electrons. The maximum Gasteiger partial charge on any atom is 0.275 e. The number of amides is 1. The molecule has 3 aromatic heterocycles. The van der Waals surface area contributed by atoms with E-state index in [4.69, 9.17) is 11.6 Å². The van der Waals surface area contributed by atoms with Crippen LogP contribution < -0.4 is 5.32 Å². The van der Waals surface area contributed by atoms with Gasteiger partial charge in [0.15, 0.2) is 5.69 Å². The van der Waals surface area contributed by atoms with Crippen molar-refractivity contribution < 1.29 is 9.18 Å². The zero-order chi connectivity index (χ0) is 17.3. The topological polar surface area (TPSA) is 77.1 Å². The van der Waals surface area contributed by atoms with E-state index in [9.17, 15) is 9.18 Å². The minimum Gasteiger partial charge on any atom is -0.341 e. The zero-order valence-corrected chi connectivity index (χ0v) is 14.0. The molecule has 0 aliphatic heterocycles. The molecule has 1 atom stereocenters. The van der Waals surface area contributed by atoms with E-state index in [0.29, 0.717) is 23.0 Å². The number of pyridine rings is 1. The molecule has 0 saturated carbocycles. The van der Waals surface area contributed by atoms with Crippen LogP contribution in [-0.4, -0.2) is 30.1 Å². The number of rotatable bonds is 5. The summed E-state index contributed by atoms with van der Waals surface area (Å²) < 4.78 is 17.3. The summed E-state index contributed by atoms with van der Waals surface area (Å²) in [6.07, 6.45) is 3.69. The molecule has 7 nitrogen and oxygen atoms in total. The Morgan fingerprint density at radius 3 is 3.00 bits per heavy atom. The van der Waals surface area contributed by atoms with E-state index in [2.05, 4.69) is 20.4 Å². The molecule has 0 saturated heterocycles. The van der Waals surface area contributed by atoms with Crippen molar-refractivity contribution in [3.05, 3.63) is 47.1 Å². The lowest BCUT2D eigenvalue weighted by Crippen LogP contribution is -2.30. The Bertz CT molecular complexity index is 889. The fourth-order valence-electron chi connectivity index (χ4n) is 2.46. The van der Waals surface area contributed by atoms with Crippen LogP contribution in [0.25, 0.3) is 5.65 Å². The van der Waals surface area contributed by atoms with E-state index in [0.717, 1.165) is 10.8 Å². The lowest BCUT2D eigenvalue weighted by Gasteiger charge is -2.13. The molecule has 24 heavy (non-hydrogen) atoms. The summed E-state index contributed by atoms with van der Waals surface area (Å²) in [5, 5.41) is 7.17. The van der Waals surface area contributed by atoms with Gasteiger partial charge < -0.3 is 5.32 Å². The second kappa shape index (κ2) is 6.56.